The van der Waals surface area contributed by atoms with E-state index < -0.39 is 0 Å². The van der Waals surface area contributed by atoms with Crippen molar-refractivity contribution in [1.82, 2.24) is 24.8 Å². The Kier molecular flexibility index (Phi) is 4.83. The molecule has 1 saturated carbocycles. The lowest BCUT2D eigenvalue weighted by molar-refractivity contribution is 0.531. The van der Waals surface area contributed by atoms with Gasteiger partial charge in [-0.2, -0.15) is 4.98 Å². The molecule has 29 heavy (non-hydrogen) atoms. The predicted molar refractivity (Wildman–Crippen MR) is 117 cm³/mol. The summed E-state index contributed by atoms with van der Waals surface area (Å²) < 4.78 is 2.38. The van der Waals surface area contributed by atoms with Crippen LogP contribution in [0.5, 0.6) is 0 Å². The monoisotopic (exact) mass is 391 g/mol. The van der Waals surface area contributed by atoms with Crippen molar-refractivity contribution in [2.45, 2.75) is 45.6 Å². The molecule has 7 nitrogen and oxygen atoms in total. The van der Waals surface area contributed by atoms with E-state index in [4.69, 9.17) is 9.97 Å². The van der Waals surface area contributed by atoms with Crippen LogP contribution in [0.4, 0.5) is 17.5 Å². The number of rotatable bonds is 4. The summed E-state index contributed by atoms with van der Waals surface area (Å²) >= 11 is 0. The molecule has 0 unspecified atom stereocenters. The number of fused-ring (bicyclic) bond motifs is 1. The first kappa shape index (κ1) is 18.4. The van der Waals surface area contributed by atoms with Crippen molar-refractivity contribution in [3.05, 3.63) is 35.8 Å². The number of hydrogen-bond donors (Lipinski definition) is 2. The Balaban J connectivity index is 1.52. The van der Waals surface area contributed by atoms with Gasteiger partial charge in [-0.25, -0.2) is 9.97 Å². The molecule has 0 aromatic carbocycles. The maximum absolute atomic E-state index is 4.95. The minimum atomic E-state index is 0.555. The van der Waals surface area contributed by atoms with Crippen molar-refractivity contribution in [1.29, 1.82) is 0 Å². The number of hydrogen-bond acceptors (Lipinski definition) is 6. The topological polar surface area (TPSA) is 70.9 Å². The van der Waals surface area contributed by atoms with Crippen molar-refractivity contribution in [2.24, 2.45) is 0 Å². The third-order valence-electron chi connectivity index (χ3n) is 6.23. The number of pyridine rings is 1. The second-order valence-corrected chi connectivity index (χ2v) is 8.22. The molecule has 0 bridgehead atoms. The summed E-state index contributed by atoms with van der Waals surface area (Å²) in [5.74, 6) is 1.45. The summed E-state index contributed by atoms with van der Waals surface area (Å²) in [6.45, 7) is 8.18. The Hall–Kier alpha value is -2.67. The van der Waals surface area contributed by atoms with Crippen LogP contribution >= 0.6 is 0 Å². The molecule has 3 aromatic rings. The van der Waals surface area contributed by atoms with Crippen LogP contribution in [0.3, 0.4) is 0 Å². The lowest BCUT2D eigenvalue weighted by atomic mass is 10.2. The van der Waals surface area contributed by atoms with Crippen LogP contribution in [0.2, 0.25) is 0 Å². The van der Waals surface area contributed by atoms with E-state index in [0.29, 0.717) is 12.0 Å². The molecule has 1 saturated heterocycles. The summed E-state index contributed by atoms with van der Waals surface area (Å²) in [5.41, 5.74) is 4.43. The summed E-state index contributed by atoms with van der Waals surface area (Å²) in [4.78, 5) is 16.7. The Morgan fingerprint density at radius 1 is 1.10 bits per heavy atom. The van der Waals surface area contributed by atoms with Gasteiger partial charge in [0.2, 0.25) is 5.95 Å². The van der Waals surface area contributed by atoms with Gasteiger partial charge in [-0.3, -0.25) is 0 Å². The van der Waals surface area contributed by atoms with E-state index >= 15 is 0 Å². The second-order valence-electron chi connectivity index (χ2n) is 8.22. The zero-order valence-corrected chi connectivity index (χ0v) is 17.3. The van der Waals surface area contributed by atoms with Gasteiger partial charge in [-0.1, -0.05) is 12.8 Å². The summed E-state index contributed by atoms with van der Waals surface area (Å²) in [7, 11) is 0. The van der Waals surface area contributed by atoms with Crippen molar-refractivity contribution < 1.29 is 0 Å². The molecule has 0 atom stereocenters. The van der Waals surface area contributed by atoms with Crippen molar-refractivity contribution in [3.8, 4) is 0 Å². The quantitative estimate of drug-likeness (QED) is 0.706. The average molecular weight is 392 g/mol. The lowest BCUT2D eigenvalue weighted by Gasteiger charge is -2.30. The zero-order valence-electron chi connectivity index (χ0n) is 17.3. The third-order valence-corrected chi connectivity index (χ3v) is 6.23. The van der Waals surface area contributed by atoms with E-state index in [0.717, 1.165) is 49.0 Å². The van der Waals surface area contributed by atoms with Gasteiger partial charge in [0, 0.05) is 50.0 Å². The Morgan fingerprint density at radius 2 is 1.90 bits per heavy atom. The minimum Gasteiger partial charge on any atom is -0.366 e. The van der Waals surface area contributed by atoms with Gasteiger partial charge < -0.3 is 20.1 Å². The Morgan fingerprint density at radius 3 is 2.69 bits per heavy atom. The third kappa shape index (κ3) is 3.44. The molecule has 1 aliphatic carbocycles. The first-order valence-electron chi connectivity index (χ1n) is 10.7. The summed E-state index contributed by atoms with van der Waals surface area (Å²) in [6.07, 6.45) is 9.18. The van der Waals surface area contributed by atoms with Crippen molar-refractivity contribution in [3.63, 3.8) is 0 Å². The number of nitrogens with one attached hydrogen (secondary N) is 2. The van der Waals surface area contributed by atoms with Gasteiger partial charge in [0.15, 0.2) is 5.82 Å². The molecule has 4 heterocycles. The van der Waals surface area contributed by atoms with Crippen molar-refractivity contribution in [2.75, 3.05) is 36.4 Å². The van der Waals surface area contributed by atoms with Gasteiger partial charge in [0.25, 0.3) is 0 Å². The number of anilines is 3. The van der Waals surface area contributed by atoms with Crippen LogP contribution in [0.15, 0.2) is 24.5 Å². The molecule has 0 spiro atoms. The van der Waals surface area contributed by atoms with Crippen LogP contribution in [0.1, 0.15) is 43.0 Å². The van der Waals surface area contributed by atoms with Crippen molar-refractivity contribution >= 4 is 28.5 Å². The fourth-order valence-electron chi connectivity index (χ4n) is 4.82. The fourth-order valence-corrected chi connectivity index (χ4v) is 4.82. The molecule has 5 rings (SSSR count). The highest BCUT2D eigenvalue weighted by Gasteiger charge is 2.22. The summed E-state index contributed by atoms with van der Waals surface area (Å²) in [6, 6.07) is 4.67. The largest absolute Gasteiger partial charge is 0.366 e. The molecule has 2 N–H and O–H groups in total. The zero-order chi connectivity index (χ0) is 19.8. The first-order valence-corrected chi connectivity index (χ1v) is 10.7. The van der Waals surface area contributed by atoms with Crippen LogP contribution < -0.4 is 15.5 Å². The molecule has 1 aliphatic heterocycles. The molecule has 152 valence electrons. The van der Waals surface area contributed by atoms with E-state index in [1.54, 1.807) is 0 Å². The number of aryl methyl sites for hydroxylation is 2. The minimum absolute atomic E-state index is 0.555. The number of nitrogens with zero attached hydrogens (tertiary/aromatic N) is 5. The Bertz CT molecular complexity index is 1010. The van der Waals surface area contributed by atoms with E-state index in [-0.39, 0.29) is 0 Å². The number of piperazine rings is 1. The van der Waals surface area contributed by atoms with Crippen LogP contribution in [0, 0.1) is 13.8 Å². The van der Waals surface area contributed by atoms with Gasteiger partial charge in [-0.15, -0.1) is 0 Å². The smallest absolute Gasteiger partial charge is 0.230 e. The summed E-state index contributed by atoms with van der Waals surface area (Å²) in [5, 5.41) is 8.01. The van der Waals surface area contributed by atoms with E-state index in [9.17, 15) is 0 Å². The molecule has 2 fully saturated rings. The average Bonchev–Trinajstić information content (AvgIpc) is 3.37. The van der Waals surface area contributed by atoms with E-state index in [1.807, 2.05) is 12.3 Å². The van der Waals surface area contributed by atoms with Gasteiger partial charge in [-0.05, 0) is 44.4 Å². The molecule has 0 radical (unpaired) electrons. The van der Waals surface area contributed by atoms with Gasteiger partial charge in [0.1, 0.15) is 5.65 Å². The first-order chi connectivity index (χ1) is 14.2. The molecular formula is C22H29N7. The van der Waals surface area contributed by atoms with Crippen LogP contribution in [0.25, 0.3) is 11.0 Å². The molecular weight excluding hydrogens is 362 g/mol. The van der Waals surface area contributed by atoms with E-state index in [1.165, 1.54) is 36.6 Å². The lowest BCUT2D eigenvalue weighted by Crippen LogP contribution is -2.43. The van der Waals surface area contributed by atoms with Crippen LogP contribution in [-0.4, -0.2) is 45.7 Å². The fraction of sp³-hybridized carbons (Fsp3) is 0.500. The molecule has 7 heteroatoms. The highest BCUT2D eigenvalue weighted by Crippen LogP contribution is 2.35. The second kappa shape index (κ2) is 7.63. The molecule has 0 amide bonds. The molecule has 2 aliphatic rings. The van der Waals surface area contributed by atoms with Gasteiger partial charge in [0.05, 0.1) is 11.4 Å². The van der Waals surface area contributed by atoms with Gasteiger partial charge >= 0.3 is 0 Å². The van der Waals surface area contributed by atoms with E-state index in [2.05, 4.69) is 51.2 Å². The standard InChI is InChI=1S/C22H29N7/c1-15-14-29(17-6-3-4-7-17)21-19(15)16(2)25-22(27-21)26-20-18(8-5-9-24-20)28-12-10-23-11-13-28/h5,8-9,14,17,23H,3-4,6-7,10-13H2,1-2H3,(H,24,25,26,27). The predicted octanol–water partition coefficient (Wildman–Crippen LogP) is 3.71. The highest BCUT2D eigenvalue weighted by atomic mass is 15.2. The van der Waals surface area contributed by atoms with Crippen LogP contribution in [-0.2, 0) is 0 Å². The maximum Gasteiger partial charge on any atom is 0.230 e. The normalized spacial score (nSPS) is 17.9. The Labute approximate surface area is 171 Å². The highest BCUT2D eigenvalue weighted by molar-refractivity contribution is 5.84. The SMILES string of the molecule is Cc1cn(C2CCCC2)c2nc(Nc3ncccc3N3CCNCC3)nc(C)c12. The maximum atomic E-state index is 4.95. The molecule has 3 aromatic heterocycles. The number of aromatic nitrogens is 4.